The number of hydrogen-bond acceptors (Lipinski definition) is 6. The van der Waals surface area contributed by atoms with Gasteiger partial charge in [0.15, 0.2) is 0 Å². The number of morpholine rings is 1. The van der Waals surface area contributed by atoms with Gasteiger partial charge in [0.25, 0.3) is 0 Å². The molecule has 2 N–H and O–H groups in total. The third-order valence-corrected chi connectivity index (χ3v) is 3.57. The molecular weight excluding hydrogens is 274 g/mol. The molecule has 0 amide bonds. The van der Waals surface area contributed by atoms with E-state index >= 15 is 0 Å². The van der Waals surface area contributed by atoms with Crippen LogP contribution in [0.3, 0.4) is 0 Å². The molecule has 1 aliphatic heterocycles. The summed E-state index contributed by atoms with van der Waals surface area (Å²) in [4.78, 5) is 21.4. The van der Waals surface area contributed by atoms with E-state index in [9.17, 15) is 9.90 Å². The number of benzene rings is 1. The molecule has 7 nitrogen and oxygen atoms in total. The lowest BCUT2D eigenvalue weighted by Gasteiger charge is -2.35. The number of carbonyl (C=O) groups is 1. The fraction of sp³-hybridized carbons (Fsp3) is 0.357. The first-order valence-corrected chi connectivity index (χ1v) is 6.64. The molecule has 1 aromatic heterocycles. The number of ether oxygens (including phenoxy) is 1. The van der Waals surface area contributed by atoms with Crippen molar-refractivity contribution in [3.05, 3.63) is 30.1 Å². The fourth-order valence-corrected chi connectivity index (χ4v) is 2.49. The number of hydrogen-bond donors (Lipinski definition) is 2. The van der Waals surface area contributed by atoms with Crippen molar-refractivity contribution < 1.29 is 19.7 Å². The Kier molecular flexibility index (Phi) is 3.68. The molecule has 7 heteroatoms. The lowest BCUT2D eigenvalue weighted by atomic mass is 10.1. The maximum Gasteiger partial charge on any atom is 0.335 e. The normalized spacial score (nSPS) is 18.9. The zero-order valence-electron chi connectivity index (χ0n) is 11.3. The number of aliphatic hydroxyl groups excluding tert-OH is 1. The van der Waals surface area contributed by atoms with Gasteiger partial charge in [0.2, 0.25) is 0 Å². The van der Waals surface area contributed by atoms with E-state index in [1.54, 1.807) is 6.07 Å². The van der Waals surface area contributed by atoms with Gasteiger partial charge in [0, 0.05) is 11.9 Å². The molecule has 0 aliphatic carbocycles. The first kappa shape index (κ1) is 13.7. The monoisotopic (exact) mass is 289 g/mol. The Hall–Kier alpha value is -2.25. The first-order valence-electron chi connectivity index (χ1n) is 6.64. The van der Waals surface area contributed by atoms with Crippen molar-refractivity contribution in [2.75, 3.05) is 31.3 Å². The van der Waals surface area contributed by atoms with Gasteiger partial charge in [-0.05, 0) is 18.2 Å². The maximum atomic E-state index is 11.0. The summed E-state index contributed by atoms with van der Waals surface area (Å²) in [6, 6.07) is 4.61. The van der Waals surface area contributed by atoms with Crippen molar-refractivity contribution in [1.82, 2.24) is 9.97 Å². The van der Waals surface area contributed by atoms with Crippen LogP contribution in [-0.4, -0.2) is 58.6 Å². The average molecular weight is 289 g/mol. The second-order valence-electron chi connectivity index (χ2n) is 4.84. The zero-order valence-corrected chi connectivity index (χ0v) is 11.3. The van der Waals surface area contributed by atoms with E-state index in [2.05, 4.69) is 9.97 Å². The summed E-state index contributed by atoms with van der Waals surface area (Å²) in [5.74, 6) is -0.295. The Morgan fingerprint density at radius 2 is 2.29 bits per heavy atom. The molecule has 0 spiro atoms. The lowest BCUT2D eigenvalue weighted by Crippen LogP contribution is -2.48. The first-order chi connectivity index (χ1) is 10.2. The molecule has 21 heavy (non-hydrogen) atoms. The fourth-order valence-electron chi connectivity index (χ4n) is 2.49. The van der Waals surface area contributed by atoms with Crippen LogP contribution in [0.4, 0.5) is 5.82 Å². The lowest BCUT2D eigenvalue weighted by molar-refractivity contribution is 0.0696. The van der Waals surface area contributed by atoms with Gasteiger partial charge in [-0.25, -0.2) is 14.8 Å². The van der Waals surface area contributed by atoms with Crippen LogP contribution >= 0.6 is 0 Å². The van der Waals surface area contributed by atoms with Crippen LogP contribution in [0.2, 0.25) is 0 Å². The van der Waals surface area contributed by atoms with E-state index in [0.29, 0.717) is 31.1 Å². The van der Waals surface area contributed by atoms with Gasteiger partial charge >= 0.3 is 5.97 Å². The third-order valence-electron chi connectivity index (χ3n) is 3.57. The summed E-state index contributed by atoms with van der Waals surface area (Å²) in [5, 5.41) is 19.3. The van der Waals surface area contributed by atoms with Crippen LogP contribution in [0.15, 0.2) is 24.5 Å². The minimum Gasteiger partial charge on any atom is -0.478 e. The highest BCUT2D eigenvalue weighted by molar-refractivity contribution is 5.96. The van der Waals surface area contributed by atoms with Gasteiger partial charge in [-0.1, -0.05) is 0 Å². The number of carboxylic acid groups (broad SMARTS) is 1. The molecule has 1 aliphatic rings. The minimum absolute atomic E-state index is 0.0291. The summed E-state index contributed by atoms with van der Waals surface area (Å²) in [5.41, 5.74) is 0.760. The molecule has 2 aromatic rings. The molecule has 110 valence electrons. The zero-order chi connectivity index (χ0) is 14.8. The topological polar surface area (TPSA) is 95.8 Å². The van der Waals surface area contributed by atoms with Crippen LogP contribution in [0.25, 0.3) is 10.9 Å². The van der Waals surface area contributed by atoms with E-state index < -0.39 is 5.97 Å². The van der Waals surface area contributed by atoms with Gasteiger partial charge in [-0.15, -0.1) is 0 Å². The van der Waals surface area contributed by atoms with Gasteiger partial charge in [-0.3, -0.25) is 0 Å². The van der Waals surface area contributed by atoms with Gasteiger partial charge in [-0.2, -0.15) is 0 Å². The summed E-state index contributed by atoms with van der Waals surface area (Å²) in [6.45, 7) is 1.60. The van der Waals surface area contributed by atoms with Gasteiger partial charge in [0.05, 0.1) is 36.9 Å². The molecule has 1 atom stereocenters. The number of aromatic nitrogens is 2. The molecule has 1 aromatic carbocycles. The van der Waals surface area contributed by atoms with Crippen molar-refractivity contribution in [3.63, 3.8) is 0 Å². The van der Waals surface area contributed by atoms with E-state index in [4.69, 9.17) is 9.84 Å². The van der Waals surface area contributed by atoms with Crippen LogP contribution in [0, 0.1) is 0 Å². The molecule has 0 saturated carbocycles. The number of rotatable bonds is 3. The van der Waals surface area contributed by atoms with Crippen molar-refractivity contribution in [1.29, 1.82) is 0 Å². The van der Waals surface area contributed by atoms with E-state index in [0.717, 1.165) is 5.39 Å². The maximum absolute atomic E-state index is 11.0. The summed E-state index contributed by atoms with van der Waals surface area (Å²) < 4.78 is 5.36. The van der Waals surface area contributed by atoms with Crippen molar-refractivity contribution in [2.24, 2.45) is 0 Å². The average Bonchev–Trinajstić information content (AvgIpc) is 2.53. The SMILES string of the molecule is O=C(O)c1ccc2c(N3CCOCC3CO)ncnc2c1. The van der Waals surface area contributed by atoms with E-state index in [-0.39, 0.29) is 18.2 Å². The van der Waals surface area contributed by atoms with Crippen molar-refractivity contribution >= 4 is 22.7 Å². The summed E-state index contributed by atoms with van der Waals surface area (Å²) in [6.07, 6.45) is 1.41. The number of aromatic carboxylic acids is 1. The van der Waals surface area contributed by atoms with Crippen molar-refractivity contribution in [3.8, 4) is 0 Å². The van der Waals surface area contributed by atoms with Gasteiger partial charge in [0.1, 0.15) is 12.1 Å². The van der Waals surface area contributed by atoms with E-state index in [1.807, 2.05) is 4.90 Å². The smallest absolute Gasteiger partial charge is 0.335 e. The number of anilines is 1. The Morgan fingerprint density at radius 1 is 1.43 bits per heavy atom. The summed E-state index contributed by atoms with van der Waals surface area (Å²) >= 11 is 0. The number of fused-ring (bicyclic) bond motifs is 1. The Morgan fingerprint density at radius 3 is 3.05 bits per heavy atom. The molecule has 0 radical (unpaired) electrons. The number of nitrogens with zero attached hydrogens (tertiary/aromatic N) is 3. The van der Waals surface area contributed by atoms with Gasteiger partial charge < -0.3 is 19.8 Å². The molecule has 3 rings (SSSR count). The quantitative estimate of drug-likeness (QED) is 0.850. The molecular formula is C14H15N3O4. The molecule has 2 heterocycles. The molecule has 1 unspecified atom stereocenters. The molecule has 1 fully saturated rings. The Bertz CT molecular complexity index is 676. The summed E-state index contributed by atoms with van der Waals surface area (Å²) in [7, 11) is 0. The Balaban J connectivity index is 2.08. The van der Waals surface area contributed by atoms with Crippen LogP contribution in [0.5, 0.6) is 0 Å². The Labute approximate surface area is 120 Å². The van der Waals surface area contributed by atoms with Crippen LogP contribution < -0.4 is 4.90 Å². The number of carboxylic acids is 1. The number of aliphatic hydroxyl groups is 1. The molecule has 0 bridgehead atoms. The predicted molar refractivity (Wildman–Crippen MR) is 75.5 cm³/mol. The second-order valence-corrected chi connectivity index (χ2v) is 4.84. The highest BCUT2D eigenvalue weighted by Crippen LogP contribution is 2.26. The van der Waals surface area contributed by atoms with Crippen LogP contribution in [0.1, 0.15) is 10.4 Å². The van der Waals surface area contributed by atoms with E-state index in [1.165, 1.54) is 18.5 Å². The highest BCUT2D eigenvalue weighted by atomic mass is 16.5. The molecule has 1 saturated heterocycles. The van der Waals surface area contributed by atoms with Crippen LogP contribution in [-0.2, 0) is 4.74 Å². The third kappa shape index (κ3) is 2.53. The predicted octanol–water partition coefficient (Wildman–Crippen LogP) is 0.525. The highest BCUT2D eigenvalue weighted by Gasteiger charge is 2.25. The second kappa shape index (κ2) is 5.63. The standard InChI is InChI=1S/C14H15N3O4/c18-6-10-7-21-4-3-17(10)13-11-2-1-9(14(19)20)5-12(11)15-8-16-13/h1-2,5,8,10,18H,3-4,6-7H2,(H,19,20). The van der Waals surface area contributed by atoms with Crippen molar-refractivity contribution in [2.45, 2.75) is 6.04 Å². The minimum atomic E-state index is -0.989. The largest absolute Gasteiger partial charge is 0.478 e.